The van der Waals surface area contributed by atoms with Crippen LogP contribution in [0.15, 0.2) is 34.3 Å². The van der Waals surface area contributed by atoms with Crippen molar-refractivity contribution in [2.24, 2.45) is 0 Å². The highest BCUT2D eigenvalue weighted by atomic mass is 79.9. The van der Waals surface area contributed by atoms with Gasteiger partial charge < -0.3 is 10.1 Å². The van der Waals surface area contributed by atoms with Gasteiger partial charge in [-0.25, -0.2) is 4.39 Å². The van der Waals surface area contributed by atoms with E-state index in [9.17, 15) is 4.39 Å². The summed E-state index contributed by atoms with van der Waals surface area (Å²) in [7, 11) is 0. The Balaban J connectivity index is 1.83. The van der Waals surface area contributed by atoms with Crippen LogP contribution < -0.4 is 5.32 Å². The minimum Gasteiger partial charge on any atom is -0.377 e. The number of benzene rings is 1. The van der Waals surface area contributed by atoms with Crippen LogP contribution in [0.1, 0.15) is 18.9 Å². The van der Waals surface area contributed by atoms with Gasteiger partial charge in [-0.3, -0.25) is 0 Å². The van der Waals surface area contributed by atoms with Crippen LogP contribution in [-0.2, 0) is 11.2 Å². The molecule has 0 radical (unpaired) electrons. The van der Waals surface area contributed by atoms with Crippen molar-refractivity contribution in [2.75, 3.05) is 19.8 Å². The first-order valence-corrected chi connectivity index (χ1v) is 7.37. The second-order valence-corrected chi connectivity index (χ2v) is 5.84. The van der Waals surface area contributed by atoms with Crippen LogP contribution in [0.25, 0.3) is 0 Å². The zero-order valence-electron chi connectivity index (χ0n) is 11.1. The molecule has 19 heavy (non-hydrogen) atoms. The molecule has 0 saturated heterocycles. The van der Waals surface area contributed by atoms with Gasteiger partial charge in [0.05, 0.1) is 13.2 Å². The molecule has 1 atom stereocenters. The summed E-state index contributed by atoms with van der Waals surface area (Å²) in [6.07, 6.45) is 3.91. The van der Waals surface area contributed by atoms with E-state index in [4.69, 9.17) is 4.74 Å². The van der Waals surface area contributed by atoms with Crippen LogP contribution in [0.4, 0.5) is 4.39 Å². The molecule has 2 nitrogen and oxygen atoms in total. The minimum absolute atomic E-state index is 0.150. The largest absolute Gasteiger partial charge is 0.377 e. The lowest BCUT2D eigenvalue weighted by molar-refractivity contribution is 0.148. The normalized spacial score (nSPS) is 17.1. The number of rotatable bonds is 5. The molecule has 0 amide bonds. The summed E-state index contributed by atoms with van der Waals surface area (Å²) in [5.74, 6) is -0.150. The van der Waals surface area contributed by atoms with Crippen molar-refractivity contribution >= 4 is 15.9 Å². The highest BCUT2D eigenvalue weighted by Gasteiger charge is 2.10. The van der Waals surface area contributed by atoms with Crippen LogP contribution in [0.2, 0.25) is 0 Å². The van der Waals surface area contributed by atoms with Gasteiger partial charge in [-0.1, -0.05) is 28.1 Å². The molecule has 0 aromatic heterocycles. The molecule has 0 unspecified atom stereocenters. The summed E-state index contributed by atoms with van der Waals surface area (Å²) < 4.78 is 19.9. The fourth-order valence-corrected chi connectivity index (χ4v) is 2.46. The number of ether oxygens (including phenoxy) is 1. The zero-order chi connectivity index (χ0) is 13.7. The summed E-state index contributed by atoms with van der Waals surface area (Å²) in [5, 5.41) is 3.42. The van der Waals surface area contributed by atoms with Crippen molar-refractivity contribution in [3.63, 3.8) is 0 Å². The minimum atomic E-state index is -0.150. The predicted molar refractivity (Wildman–Crippen MR) is 78.8 cm³/mol. The Labute approximate surface area is 122 Å². The Morgan fingerprint density at radius 3 is 3.00 bits per heavy atom. The quantitative estimate of drug-likeness (QED) is 0.836. The van der Waals surface area contributed by atoms with Gasteiger partial charge in [0.25, 0.3) is 0 Å². The highest BCUT2D eigenvalue weighted by Crippen LogP contribution is 2.16. The molecule has 1 aromatic carbocycles. The van der Waals surface area contributed by atoms with Gasteiger partial charge in [0.15, 0.2) is 0 Å². The van der Waals surface area contributed by atoms with E-state index in [1.807, 2.05) is 12.1 Å². The Morgan fingerprint density at radius 1 is 1.47 bits per heavy atom. The van der Waals surface area contributed by atoms with Gasteiger partial charge in [-0.15, -0.1) is 0 Å². The lowest BCUT2D eigenvalue weighted by atomic mass is 10.1. The smallest absolute Gasteiger partial charge is 0.127 e. The van der Waals surface area contributed by atoms with Crippen molar-refractivity contribution < 1.29 is 9.13 Å². The van der Waals surface area contributed by atoms with Crippen LogP contribution in [0.5, 0.6) is 0 Å². The van der Waals surface area contributed by atoms with E-state index in [0.29, 0.717) is 13.0 Å². The molecule has 1 aromatic rings. The molecule has 2 rings (SSSR count). The van der Waals surface area contributed by atoms with Gasteiger partial charge in [0.2, 0.25) is 0 Å². The summed E-state index contributed by atoms with van der Waals surface area (Å²) in [4.78, 5) is 0. The maximum Gasteiger partial charge on any atom is 0.127 e. The van der Waals surface area contributed by atoms with E-state index in [1.54, 1.807) is 0 Å². The lowest BCUT2D eigenvalue weighted by Gasteiger charge is -2.18. The first-order valence-electron chi connectivity index (χ1n) is 6.58. The Hall–Kier alpha value is -0.710. The third-order valence-electron chi connectivity index (χ3n) is 3.20. The lowest BCUT2D eigenvalue weighted by Crippen LogP contribution is -2.31. The molecule has 0 bridgehead atoms. The van der Waals surface area contributed by atoms with Gasteiger partial charge >= 0.3 is 0 Å². The van der Waals surface area contributed by atoms with E-state index in [1.165, 1.54) is 11.6 Å². The average molecular weight is 328 g/mol. The topological polar surface area (TPSA) is 21.3 Å². The van der Waals surface area contributed by atoms with Crippen molar-refractivity contribution in [3.8, 4) is 0 Å². The van der Waals surface area contributed by atoms with E-state index in [-0.39, 0.29) is 11.9 Å². The van der Waals surface area contributed by atoms with E-state index in [2.05, 4.69) is 34.2 Å². The SMILES string of the molecule is C[C@@H](Cc1ccc(Br)cc1F)NCC1=CCCOC1. The van der Waals surface area contributed by atoms with Gasteiger partial charge in [0.1, 0.15) is 5.82 Å². The third kappa shape index (κ3) is 4.71. The molecule has 1 aliphatic heterocycles. The molecule has 0 aliphatic carbocycles. The van der Waals surface area contributed by atoms with Crippen LogP contribution in [-0.4, -0.2) is 25.8 Å². The molecule has 0 saturated carbocycles. The van der Waals surface area contributed by atoms with E-state index < -0.39 is 0 Å². The fourth-order valence-electron chi connectivity index (χ4n) is 2.13. The summed E-state index contributed by atoms with van der Waals surface area (Å²) in [6, 6.07) is 5.46. The molecule has 104 valence electrons. The highest BCUT2D eigenvalue weighted by molar-refractivity contribution is 9.10. The van der Waals surface area contributed by atoms with Crippen LogP contribution in [0, 0.1) is 5.82 Å². The van der Waals surface area contributed by atoms with E-state index >= 15 is 0 Å². The first kappa shape index (κ1) is 14.7. The third-order valence-corrected chi connectivity index (χ3v) is 3.69. The van der Waals surface area contributed by atoms with Gasteiger partial charge in [-0.05, 0) is 43.0 Å². The first-order chi connectivity index (χ1) is 9.15. The molecule has 0 fully saturated rings. The molecule has 4 heteroatoms. The zero-order valence-corrected chi connectivity index (χ0v) is 12.7. The van der Waals surface area contributed by atoms with E-state index in [0.717, 1.165) is 29.6 Å². The van der Waals surface area contributed by atoms with Crippen molar-refractivity contribution in [3.05, 3.63) is 45.7 Å². The second kappa shape index (κ2) is 7.17. The maximum absolute atomic E-state index is 13.7. The molecule has 0 spiro atoms. The second-order valence-electron chi connectivity index (χ2n) is 4.93. The van der Waals surface area contributed by atoms with Crippen molar-refractivity contribution in [2.45, 2.75) is 25.8 Å². The number of halogens is 2. The van der Waals surface area contributed by atoms with Gasteiger partial charge in [-0.2, -0.15) is 0 Å². The summed E-state index contributed by atoms with van der Waals surface area (Å²) in [5.41, 5.74) is 2.03. The predicted octanol–water partition coefficient (Wildman–Crippen LogP) is 3.46. The number of hydrogen-bond donors (Lipinski definition) is 1. The standard InChI is InChI=1S/C15H19BrFNO/c1-11(18-9-12-3-2-6-19-10-12)7-13-4-5-14(16)8-15(13)17/h3-5,8,11,18H,2,6-7,9-10H2,1H3/t11-/m0/s1. The van der Waals surface area contributed by atoms with Crippen molar-refractivity contribution in [1.82, 2.24) is 5.32 Å². The number of hydrogen-bond acceptors (Lipinski definition) is 2. The summed E-state index contributed by atoms with van der Waals surface area (Å²) >= 11 is 3.27. The molecular formula is C15H19BrFNO. The number of nitrogens with one attached hydrogen (secondary N) is 1. The van der Waals surface area contributed by atoms with Gasteiger partial charge in [0, 0.05) is 17.1 Å². The molecule has 1 N–H and O–H groups in total. The Bertz CT molecular complexity index is 461. The fraction of sp³-hybridized carbons (Fsp3) is 0.467. The average Bonchev–Trinajstić information content (AvgIpc) is 2.41. The molecule has 1 aliphatic rings. The van der Waals surface area contributed by atoms with Crippen LogP contribution in [0.3, 0.4) is 0 Å². The Kier molecular flexibility index (Phi) is 5.55. The maximum atomic E-state index is 13.7. The molecule has 1 heterocycles. The summed E-state index contributed by atoms with van der Waals surface area (Å²) in [6.45, 7) is 4.43. The van der Waals surface area contributed by atoms with Crippen molar-refractivity contribution in [1.29, 1.82) is 0 Å². The monoisotopic (exact) mass is 327 g/mol. The Morgan fingerprint density at radius 2 is 2.32 bits per heavy atom. The van der Waals surface area contributed by atoms with Crippen LogP contribution >= 0.6 is 15.9 Å². The molecular weight excluding hydrogens is 309 g/mol.